The zero-order valence-corrected chi connectivity index (χ0v) is 8.29. The van der Waals surface area contributed by atoms with E-state index in [0.717, 1.165) is 11.2 Å². The maximum absolute atomic E-state index is 4.22. The molecule has 70 valence electrons. The predicted molar refractivity (Wildman–Crippen MR) is 61.9 cm³/mol. The number of anilines is 1. The molecule has 4 heteroatoms. The summed E-state index contributed by atoms with van der Waals surface area (Å²) in [6.07, 6.45) is 3.08. The molecule has 0 aliphatic rings. The standard InChI is InChI=1S/C10H9N3S/c1-2-11-6-12-8-3-4-10-9(5-8)13-7-14-10/h2-7H,1H2,(H,11,12). The van der Waals surface area contributed by atoms with Crippen LogP contribution in [0.25, 0.3) is 10.2 Å². The first-order chi connectivity index (χ1) is 6.90. The second kappa shape index (κ2) is 4.02. The van der Waals surface area contributed by atoms with Gasteiger partial charge in [0, 0.05) is 11.9 Å². The molecule has 1 aromatic heterocycles. The van der Waals surface area contributed by atoms with Gasteiger partial charge in [-0.25, -0.2) is 9.98 Å². The maximum Gasteiger partial charge on any atom is 0.0922 e. The highest BCUT2D eigenvalue weighted by molar-refractivity contribution is 7.16. The molecule has 0 spiro atoms. The Kier molecular flexibility index (Phi) is 2.55. The Hall–Kier alpha value is -1.68. The van der Waals surface area contributed by atoms with E-state index in [2.05, 4.69) is 21.9 Å². The topological polar surface area (TPSA) is 37.3 Å². The van der Waals surface area contributed by atoms with Crippen molar-refractivity contribution >= 4 is 33.6 Å². The molecule has 3 nitrogen and oxygen atoms in total. The molecule has 1 aromatic carbocycles. The highest BCUT2D eigenvalue weighted by Crippen LogP contribution is 2.20. The van der Waals surface area contributed by atoms with Crippen LogP contribution in [0.1, 0.15) is 0 Å². The number of hydrogen-bond acceptors (Lipinski definition) is 3. The predicted octanol–water partition coefficient (Wildman–Crippen LogP) is 2.88. The van der Waals surface area contributed by atoms with Gasteiger partial charge in [-0.05, 0) is 18.2 Å². The molecule has 0 amide bonds. The SMILES string of the molecule is C=CN=CNc1ccc2scnc2c1. The maximum atomic E-state index is 4.22. The largest absolute Gasteiger partial charge is 0.346 e. The number of aromatic nitrogens is 1. The van der Waals surface area contributed by atoms with Crippen molar-refractivity contribution in [2.45, 2.75) is 0 Å². The van der Waals surface area contributed by atoms with Crippen LogP contribution < -0.4 is 5.32 Å². The fourth-order valence-corrected chi connectivity index (χ4v) is 1.77. The van der Waals surface area contributed by atoms with E-state index >= 15 is 0 Å². The second-order valence-electron chi connectivity index (χ2n) is 2.64. The van der Waals surface area contributed by atoms with Gasteiger partial charge >= 0.3 is 0 Å². The van der Waals surface area contributed by atoms with Crippen LogP contribution in [0, 0.1) is 0 Å². The van der Waals surface area contributed by atoms with Crippen molar-refractivity contribution in [3.63, 3.8) is 0 Å². The first-order valence-electron chi connectivity index (χ1n) is 4.12. The zero-order chi connectivity index (χ0) is 9.80. The van der Waals surface area contributed by atoms with Crippen molar-refractivity contribution < 1.29 is 0 Å². The van der Waals surface area contributed by atoms with Gasteiger partial charge in [-0.3, -0.25) is 0 Å². The van der Waals surface area contributed by atoms with E-state index in [0.29, 0.717) is 0 Å². The molecular formula is C10H9N3S. The van der Waals surface area contributed by atoms with Crippen LogP contribution in [0.5, 0.6) is 0 Å². The van der Waals surface area contributed by atoms with E-state index in [1.54, 1.807) is 17.7 Å². The fourth-order valence-electron chi connectivity index (χ4n) is 1.11. The zero-order valence-electron chi connectivity index (χ0n) is 7.47. The lowest BCUT2D eigenvalue weighted by atomic mass is 10.3. The lowest BCUT2D eigenvalue weighted by Crippen LogP contribution is -1.93. The van der Waals surface area contributed by atoms with Crippen molar-refractivity contribution in [3.05, 3.63) is 36.5 Å². The number of aliphatic imine (C=N–C) groups is 1. The quantitative estimate of drug-likeness (QED) is 0.615. The van der Waals surface area contributed by atoms with Gasteiger partial charge in [0.05, 0.1) is 22.1 Å². The van der Waals surface area contributed by atoms with E-state index in [1.165, 1.54) is 10.9 Å². The molecule has 0 atom stereocenters. The van der Waals surface area contributed by atoms with E-state index in [-0.39, 0.29) is 0 Å². The van der Waals surface area contributed by atoms with Gasteiger partial charge in [0.25, 0.3) is 0 Å². The van der Waals surface area contributed by atoms with Crippen molar-refractivity contribution in [2.75, 3.05) is 5.32 Å². The highest BCUT2D eigenvalue weighted by Gasteiger charge is 1.96. The van der Waals surface area contributed by atoms with Crippen LogP contribution in [0.15, 0.2) is 41.5 Å². The summed E-state index contributed by atoms with van der Waals surface area (Å²) in [4.78, 5) is 8.07. The summed E-state index contributed by atoms with van der Waals surface area (Å²) in [5.74, 6) is 0. The minimum Gasteiger partial charge on any atom is -0.346 e. The summed E-state index contributed by atoms with van der Waals surface area (Å²) in [6, 6.07) is 6.02. The molecule has 0 bridgehead atoms. The first kappa shape index (κ1) is 8.90. The van der Waals surface area contributed by atoms with Crippen molar-refractivity contribution in [1.29, 1.82) is 0 Å². The van der Waals surface area contributed by atoms with E-state index in [4.69, 9.17) is 0 Å². The van der Waals surface area contributed by atoms with Gasteiger partial charge in [-0.15, -0.1) is 11.3 Å². The van der Waals surface area contributed by atoms with Crippen LogP contribution in [-0.4, -0.2) is 11.3 Å². The number of rotatable bonds is 3. The summed E-state index contributed by atoms with van der Waals surface area (Å²) in [5.41, 5.74) is 3.83. The summed E-state index contributed by atoms with van der Waals surface area (Å²) in [5, 5.41) is 3.03. The van der Waals surface area contributed by atoms with Gasteiger partial charge in [0.1, 0.15) is 0 Å². The molecule has 14 heavy (non-hydrogen) atoms. The van der Waals surface area contributed by atoms with Gasteiger partial charge in [0.2, 0.25) is 0 Å². The summed E-state index contributed by atoms with van der Waals surface area (Å²) < 4.78 is 1.19. The average Bonchev–Trinajstić information content (AvgIpc) is 2.65. The fraction of sp³-hybridized carbons (Fsp3) is 0. The second-order valence-corrected chi connectivity index (χ2v) is 3.53. The summed E-state index contributed by atoms with van der Waals surface area (Å²) in [6.45, 7) is 3.48. The highest BCUT2D eigenvalue weighted by atomic mass is 32.1. The summed E-state index contributed by atoms with van der Waals surface area (Å²) >= 11 is 1.64. The molecule has 2 rings (SSSR count). The molecule has 1 heterocycles. The Morgan fingerprint density at radius 1 is 1.50 bits per heavy atom. The minimum absolute atomic E-state index is 0.981. The molecule has 2 aromatic rings. The van der Waals surface area contributed by atoms with Gasteiger partial charge in [0.15, 0.2) is 0 Å². The molecule has 0 aliphatic heterocycles. The van der Waals surface area contributed by atoms with Gasteiger partial charge < -0.3 is 5.32 Å². The number of benzene rings is 1. The Morgan fingerprint density at radius 2 is 2.43 bits per heavy atom. The third kappa shape index (κ3) is 1.80. The van der Waals surface area contributed by atoms with Crippen LogP contribution in [-0.2, 0) is 0 Å². The van der Waals surface area contributed by atoms with Crippen LogP contribution >= 0.6 is 11.3 Å². The number of nitrogens with one attached hydrogen (secondary N) is 1. The molecule has 0 radical (unpaired) electrons. The normalized spacial score (nSPS) is 10.9. The van der Waals surface area contributed by atoms with Crippen LogP contribution in [0.3, 0.4) is 0 Å². The van der Waals surface area contributed by atoms with Crippen LogP contribution in [0.4, 0.5) is 5.69 Å². The Bertz CT molecular complexity index is 473. The number of hydrogen-bond donors (Lipinski definition) is 1. The van der Waals surface area contributed by atoms with Gasteiger partial charge in [-0.2, -0.15) is 0 Å². The van der Waals surface area contributed by atoms with Crippen LogP contribution in [0.2, 0.25) is 0 Å². The molecule has 0 saturated heterocycles. The molecule has 0 unspecified atom stereocenters. The van der Waals surface area contributed by atoms with E-state index in [9.17, 15) is 0 Å². The molecule has 0 aliphatic carbocycles. The molecular weight excluding hydrogens is 194 g/mol. The van der Waals surface area contributed by atoms with E-state index < -0.39 is 0 Å². The van der Waals surface area contributed by atoms with Crippen molar-refractivity contribution in [2.24, 2.45) is 4.99 Å². The molecule has 1 N–H and O–H groups in total. The average molecular weight is 203 g/mol. The number of nitrogens with zero attached hydrogens (tertiary/aromatic N) is 2. The number of thiazole rings is 1. The number of fused-ring (bicyclic) bond motifs is 1. The molecule has 0 fully saturated rings. The van der Waals surface area contributed by atoms with Crippen molar-refractivity contribution in [3.8, 4) is 0 Å². The monoisotopic (exact) mass is 203 g/mol. The minimum atomic E-state index is 0.981. The van der Waals surface area contributed by atoms with E-state index in [1.807, 2.05) is 23.7 Å². The summed E-state index contributed by atoms with van der Waals surface area (Å²) in [7, 11) is 0. The third-order valence-electron chi connectivity index (χ3n) is 1.74. The Morgan fingerprint density at radius 3 is 3.29 bits per heavy atom. The Balaban J connectivity index is 2.25. The third-order valence-corrected chi connectivity index (χ3v) is 2.55. The van der Waals surface area contributed by atoms with Crippen molar-refractivity contribution in [1.82, 2.24) is 4.98 Å². The lowest BCUT2D eigenvalue weighted by Gasteiger charge is -1.98. The first-order valence-corrected chi connectivity index (χ1v) is 5.00. The Labute approximate surface area is 85.8 Å². The lowest BCUT2D eigenvalue weighted by molar-refractivity contribution is 1.50. The van der Waals surface area contributed by atoms with Gasteiger partial charge in [-0.1, -0.05) is 6.58 Å². The smallest absolute Gasteiger partial charge is 0.0922 e. The molecule has 0 saturated carbocycles.